The van der Waals surface area contributed by atoms with Crippen molar-refractivity contribution in [2.45, 2.75) is 37.0 Å². The first-order valence-corrected chi connectivity index (χ1v) is 7.99. The Morgan fingerprint density at radius 3 is 2.89 bits per heavy atom. The van der Waals surface area contributed by atoms with E-state index in [0.717, 1.165) is 13.0 Å². The molecule has 0 radical (unpaired) electrons. The Kier molecular flexibility index (Phi) is 5.73. The summed E-state index contributed by atoms with van der Waals surface area (Å²) in [7, 11) is 0. The van der Waals surface area contributed by atoms with Crippen LogP contribution in [-0.2, 0) is 11.2 Å². The van der Waals surface area contributed by atoms with Gasteiger partial charge in [0.1, 0.15) is 0 Å². The van der Waals surface area contributed by atoms with Crippen LogP contribution in [0.1, 0.15) is 24.8 Å². The van der Waals surface area contributed by atoms with Gasteiger partial charge >= 0.3 is 0 Å². The topological polar surface area (TPSA) is 55.1 Å². The Hall–Kier alpha value is -1.00. The van der Waals surface area contributed by atoms with Gasteiger partial charge in [0, 0.05) is 11.8 Å². The van der Waals surface area contributed by atoms with Crippen LogP contribution in [-0.4, -0.2) is 29.5 Å². The van der Waals surface area contributed by atoms with Crippen molar-refractivity contribution in [3.8, 4) is 0 Å². The molecule has 104 valence electrons. The monoisotopic (exact) mass is 278 g/mol. The van der Waals surface area contributed by atoms with Crippen molar-refractivity contribution in [1.29, 1.82) is 0 Å². The van der Waals surface area contributed by atoms with E-state index < -0.39 is 6.04 Å². The molecule has 2 atom stereocenters. The molecule has 1 saturated heterocycles. The number of benzene rings is 1. The summed E-state index contributed by atoms with van der Waals surface area (Å²) in [5.41, 5.74) is 7.16. The molecule has 2 rings (SSSR count). The summed E-state index contributed by atoms with van der Waals surface area (Å²) in [6, 6.07) is 9.76. The number of amides is 1. The molecule has 1 aliphatic rings. The number of carbonyl (C=O) groups is 1. The number of rotatable bonds is 6. The summed E-state index contributed by atoms with van der Waals surface area (Å²) in [5.74, 6) is 1.21. The van der Waals surface area contributed by atoms with Crippen LogP contribution >= 0.6 is 11.8 Å². The highest BCUT2D eigenvalue weighted by Gasteiger charge is 2.18. The van der Waals surface area contributed by atoms with Gasteiger partial charge in [-0.1, -0.05) is 30.3 Å². The van der Waals surface area contributed by atoms with Gasteiger partial charge in [-0.15, -0.1) is 0 Å². The largest absolute Gasteiger partial charge is 0.354 e. The van der Waals surface area contributed by atoms with Crippen LogP contribution in [0.25, 0.3) is 0 Å². The van der Waals surface area contributed by atoms with Crippen molar-refractivity contribution >= 4 is 17.7 Å². The zero-order chi connectivity index (χ0) is 13.5. The van der Waals surface area contributed by atoms with Crippen LogP contribution in [0, 0.1) is 0 Å². The molecule has 1 fully saturated rings. The fraction of sp³-hybridized carbons (Fsp3) is 0.533. The second-order valence-electron chi connectivity index (χ2n) is 5.01. The lowest BCUT2D eigenvalue weighted by molar-refractivity contribution is -0.122. The van der Waals surface area contributed by atoms with Gasteiger partial charge in [0.15, 0.2) is 0 Å². The van der Waals surface area contributed by atoms with Crippen molar-refractivity contribution in [2.75, 3.05) is 12.3 Å². The molecule has 4 heteroatoms. The molecule has 19 heavy (non-hydrogen) atoms. The molecule has 0 saturated carbocycles. The van der Waals surface area contributed by atoms with Crippen LogP contribution in [0.15, 0.2) is 30.3 Å². The molecule has 1 aromatic rings. The predicted molar refractivity (Wildman–Crippen MR) is 81.2 cm³/mol. The molecule has 0 aliphatic carbocycles. The van der Waals surface area contributed by atoms with Crippen LogP contribution in [0.4, 0.5) is 0 Å². The number of hydrogen-bond donors (Lipinski definition) is 2. The number of aryl methyl sites for hydroxylation is 1. The fourth-order valence-corrected chi connectivity index (χ4v) is 3.45. The number of carbonyl (C=O) groups excluding carboxylic acids is 1. The van der Waals surface area contributed by atoms with E-state index in [0.29, 0.717) is 11.7 Å². The smallest absolute Gasteiger partial charge is 0.236 e. The lowest BCUT2D eigenvalue weighted by Crippen LogP contribution is -2.42. The molecular formula is C15H22N2OS. The van der Waals surface area contributed by atoms with Gasteiger partial charge in [-0.25, -0.2) is 0 Å². The molecular weight excluding hydrogens is 256 g/mol. The lowest BCUT2D eigenvalue weighted by Gasteiger charge is -2.14. The van der Waals surface area contributed by atoms with E-state index in [9.17, 15) is 4.79 Å². The van der Waals surface area contributed by atoms with Crippen molar-refractivity contribution in [2.24, 2.45) is 5.73 Å². The maximum absolute atomic E-state index is 11.9. The first-order chi connectivity index (χ1) is 9.25. The van der Waals surface area contributed by atoms with Crippen LogP contribution < -0.4 is 11.1 Å². The summed E-state index contributed by atoms with van der Waals surface area (Å²) < 4.78 is 0. The van der Waals surface area contributed by atoms with Gasteiger partial charge < -0.3 is 11.1 Å². The van der Waals surface area contributed by atoms with Crippen LogP contribution in [0.3, 0.4) is 0 Å². The second-order valence-corrected chi connectivity index (χ2v) is 6.42. The maximum Gasteiger partial charge on any atom is 0.236 e. The Bertz CT molecular complexity index is 390. The summed E-state index contributed by atoms with van der Waals surface area (Å²) in [6.45, 7) is 0.766. The number of hydrogen-bond acceptors (Lipinski definition) is 3. The SMILES string of the molecule is N[C@H](CCc1ccccc1)C(=O)NCC1CCCS1. The van der Waals surface area contributed by atoms with Crippen molar-refractivity contribution < 1.29 is 4.79 Å². The van der Waals surface area contributed by atoms with E-state index in [1.807, 2.05) is 30.0 Å². The Morgan fingerprint density at radius 2 is 2.21 bits per heavy atom. The highest BCUT2D eigenvalue weighted by Crippen LogP contribution is 2.25. The number of thioether (sulfide) groups is 1. The highest BCUT2D eigenvalue weighted by molar-refractivity contribution is 8.00. The molecule has 3 N–H and O–H groups in total. The third kappa shape index (κ3) is 4.88. The van der Waals surface area contributed by atoms with Gasteiger partial charge in [0.25, 0.3) is 0 Å². The zero-order valence-electron chi connectivity index (χ0n) is 11.2. The van der Waals surface area contributed by atoms with Crippen molar-refractivity contribution in [1.82, 2.24) is 5.32 Å². The minimum atomic E-state index is -0.397. The molecule has 0 bridgehead atoms. The summed E-state index contributed by atoms with van der Waals surface area (Å²) in [5, 5.41) is 3.56. The van der Waals surface area contributed by atoms with E-state index in [4.69, 9.17) is 5.73 Å². The molecule has 1 aromatic carbocycles. The van der Waals surface area contributed by atoms with E-state index in [1.54, 1.807) is 0 Å². The third-order valence-electron chi connectivity index (χ3n) is 3.45. The molecule has 3 nitrogen and oxygen atoms in total. The third-order valence-corrected chi connectivity index (χ3v) is 4.85. The molecule has 0 spiro atoms. The Morgan fingerprint density at radius 1 is 1.42 bits per heavy atom. The van der Waals surface area contributed by atoms with E-state index in [-0.39, 0.29) is 5.91 Å². The first kappa shape index (κ1) is 14.4. The van der Waals surface area contributed by atoms with Gasteiger partial charge in [-0.2, -0.15) is 11.8 Å². The zero-order valence-corrected chi connectivity index (χ0v) is 12.0. The van der Waals surface area contributed by atoms with Gasteiger partial charge in [-0.05, 0) is 37.0 Å². The quantitative estimate of drug-likeness (QED) is 0.836. The minimum absolute atomic E-state index is 0.0107. The lowest BCUT2D eigenvalue weighted by atomic mass is 10.1. The van der Waals surface area contributed by atoms with Crippen molar-refractivity contribution in [3.05, 3.63) is 35.9 Å². The number of nitrogens with two attached hydrogens (primary N) is 1. The normalized spacial score (nSPS) is 20.2. The number of nitrogens with one attached hydrogen (secondary N) is 1. The highest BCUT2D eigenvalue weighted by atomic mass is 32.2. The van der Waals surface area contributed by atoms with Crippen LogP contribution in [0.5, 0.6) is 0 Å². The second kappa shape index (κ2) is 7.56. The van der Waals surface area contributed by atoms with Crippen LogP contribution in [0.2, 0.25) is 0 Å². The van der Waals surface area contributed by atoms with Gasteiger partial charge in [-0.3, -0.25) is 4.79 Å². The average molecular weight is 278 g/mol. The Balaban J connectivity index is 1.67. The predicted octanol–water partition coefficient (Wildman–Crippen LogP) is 1.96. The van der Waals surface area contributed by atoms with E-state index in [1.165, 1.54) is 24.2 Å². The molecule has 0 aromatic heterocycles. The van der Waals surface area contributed by atoms with Crippen molar-refractivity contribution in [3.63, 3.8) is 0 Å². The fourth-order valence-electron chi connectivity index (χ4n) is 2.25. The average Bonchev–Trinajstić information content (AvgIpc) is 2.96. The standard InChI is InChI=1S/C15H22N2OS/c16-14(9-8-12-5-2-1-3-6-12)15(18)17-11-13-7-4-10-19-13/h1-3,5-6,13-14H,4,7-11,16H2,(H,17,18)/t13?,14-/m1/s1. The summed E-state index contributed by atoms with van der Waals surface area (Å²) >= 11 is 1.95. The van der Waals surface area contributed by atoms with E-state index in [2.05, 4.69) is 17.4 Å². The minimum Gasteiger partial charge on any atom is -0.354 e. The summed E-state index contributed by atoms with van der Waals surface area (Å²) in [4.78, 5) is 11.9. The molecule has 1 amide bonds. The molecule has 1 aliphatic heterocycles. The summed E-state index contributed by atoms with van der Waals surface area (Å²) in [6.07, 6.45) is 4.04. The Labute approximate surface area is 119 Å². The van der Waals surface area contributed by atoms with Gasteiger partial charge in [0.2, 0.25) is 5.91 Å². The van der Waals surface area contributed by atoms with Gasteiger partial charge in [0.05, 0.1) is 6.04 Å². The van der Waals surface area contributed by atoms with E-state index >= 15 is 0 Å². The molecule has 1 heterocycles. The maximum atomic E-state index is 11.9. The first-order valence-electron chi connectivity index (χ1n) is 6.94. The molecule has 1 unspecified atom stereocenters.